The zero-order chi connectivity index (χ0) is 16.8. The molecular formula is C17H18FN3O2. The molecule has 120 valence electrons. The molecule has 1 aromatic carbocycles. The van der Waals surface area contributed by atoms with Crippen LogP contribution in [0.15, 0.2) is 42.6 Å². The predicted molar refractivity (Wildman–Crippen MR) is 86.7 cm³/mol. The second-order valence-corrected chi connectivity index (χ2v) is 5.16. The zero-order valence-electron chi connectivity index (χ0n) is 13.0. The third-order valence-corrected chi connectivity index (χ3v) is 3.45. The van der Waals surface area contributed by atoms with E-state index in [-0.39, 0.29) is 23.2 Å². The van der Waals surface area contributed by atoms with Crippen molar-refractivity contribution in [2.24, 2.45) is 5.92 Å². The lowest BCUT2D eigenvalue weighted by atomic mass is 10.1. The molecule has 6 heteroatoms. The van der Waals surface area contributed by atoms with Crippen molar-refractivity contribution in [1.82, 2.24) is 4.98 Å². The molecule has 2 rings (SSSR count). The number of carbonyl (C=O) groups excluding carboxylic acids is 2. The van der Waals surface area contributed by atoms with Gasteiger partial charge in [-0.15, -0.1) is 0 Å². The average molecular weight is 315 g/mol. The van der Waals surface area contributed by atoms with Crippen LogP contribution >= 0.6 is 0 Å². The van der Waals surface area contributed by atoms with E-state index in [9.17, 15) is 14.0 Å². The quantitative estimate of drug-likeness (QED) is 0.887. The number of pyridine rings is 1. The minimum absolute atomic E-state index is 0.211. The van der Waals surface area contributed by atoms with Crippen LogP contribution in [-0.2, 0) is 4.79 Å². The molecule has 0 saturated heterocycles. The number of rotatable bonds is 5. The molecule has 2 amide bonds. The lowest BCUT2D eigenvalue weighted by Gasteiger charge is -2.14. The fourth-order valence-electron chi connectivity index (χ4n) is 1.85. The maximum atomic E-state index is 13.5. The molecule has 0 spiro atoms. The Morgan fingerprint density at radius 1 is 1.17 bits per heavy atom. The van der Waals surface area contributed by atoms with Crippen molar-refractivity contribution < 1.29 is 14.0 Å². The first-order valence-electron chi connectivity index (χ1n) is 7.34. The Kier molecular flexibility index (Phi) is 5.41. The summed E-state index contributed by atoms with van der Waals surface area (Å²) in [6, 6.07) is 8.75. The molecule has 1 heterocycles. The van der Waals surface area contributed by atoms with E-state index in [1.807, 2.05) is 6.92 Å². The maximum absolute atomic E-state index is 13.5. The largest absolute Gasteiger partial charge is 0.324 e. The first-order valence-corrected chi connectivity index (χ1v) is 7.34. The number of amides is 2. The minimum atomic E-state index is -0.500. The molecule has 23 heavy (non-hydrogen) atoms. The van der Waals surface area contributed by atoms with Crippen molar-refractivity contribution in [3.8, 4) is 0 Å². The Morgan fingerprint density at radius 2 is 1.96 bits per heavy atom. The number of halogens is 1. The minimum Gasteiger partial charge on any atom is -0.324 e. The van der Waals surface area contributed by atoms with Crippen LogP contribution in [0, 0.1) is 11.7 Å². The van der Waals surface area contributed by atoms with Gasteiger partial charge in [-0.2, -0.15) is 0 Å². The van der Waals surface area contributed by atoms with Gasteiger partial charge in [0, 0.05) is 12.1 Å². The van der Waals surface area contributed by atoms with Crippen LogP contribution in [0.25, 0.3) is 0 Å². The van der Waals surface area contributed by atoms with Crippen LogP contribution in [0.5, 0.6) is 0 Å². The molecule has 1 atom stereocenters. The molecule has 0 bridgehead atoms. The molecule has 0 fully saturated rings. The summed E-state index contributed by atoms with van der Waals surface area (Å²) < 4.78 is 13.5. The molecule has 0 radical (unpaired) electrons. The van der Waals surface area contributed by atoms with Crippen LogP contribution in [0.2, 0.25) is 0 Å². The number of hydrogen-bond donors (Lipinski definition) is 2. The van der Waals surface area contributed by atoms with Gasteiger partial charge in [0.15, 0.2) is 0 Å². The lowest BCUT2D eigenvalue weighted by Crippen LogP contribution is -2.21. The second-order valence-electron chi connectivity index (χ2n) is 5.16. The number of carbonyl (C=O) groups is 2. The summed E-state index contributed by atoms with van der Waals surface area (Å²) >= 11 is 0. The van der Waals surface area contributed by atoms with E-state index >= 15 is 0 Å². The van der Waals surface area contributed by atoms with Crippen molar-refractivity contribution in [1.29, 1.82) is 0 Å². The first kappa shape index (κ1) is 16.6. The molecule has 1 unspecified atom stereocenters. The molecule has 0 saturated carbocycles. The van der Waals surface area contributed by atoms with E-state index in [0.29, 0.717) is 12.1 Å². The van der Waals surface area contributed by atoms with Crippen molar-refractivity contribution in [2.75, 3.05) is 10.6 Å². The lowest BCUT2D eigenvalue weighted by molar-refractivity contribution is -0.119. The normalized spacial score (nSPS) is 11.6. The van der Waals surface area contributed by atoms with E-state index in [1.165, 1.54) is 24.4 Å². The Balaban J connectivity index is 2.22. The fourth-order valence-corrected chi connectivity index (χ4v) is 1.85. The maximum Gasteiger partial charge on any atom is 0.274 e. The predicted octanol–water partition coefficient (Wildman–Crippen LogP) is 3.46. The Bertz CT molecular complexity index is 704. The van der Waals surface area contributed by atoms with E-state index in [4.69, 9.17) is 0 Å². The second kappa shape index (κ2) is 7.49. The molecule has 5 nitrogen and oxygen atoms in total. The summed E-state index contributed by atoms with van der Waals surface area (Å²) in [6.07, 6.45) is 2.17. The highest BCUT2D eigenvalue weighted by atomic mass is 19.1. The highest BCUT2D eigenvalue weighted by Gasteiger charge is 2.15. The van der Waals surface area contributed by atoms with Crippen LogP contribution in [-0.4, -0.2) is 16.8 Å². The van der Waals surface area contributed by atoms with E-state index < -0.39 is 11.7 Å². The van der Waals surface area contributed by atoms with Crippen molar-refractivity contribution in [3.05, 3.63) is 54.1 Å². The monoisotopic (exact) mass is 315 g/mol. The van der Waals surface area contributed by atoms with Crippen LogP contribution < -0.4 is 10.6 Å². The molecule has 2 N–H and O–H groups in total. The summed E-state index contributed by atoms with van der Waals surface area (Å²) in [6.45, 7) is 3.67. The number of anilines is 2. The van der Waals surface area contributed by atoms with Crippen molar-refractivity contribution in [2.45, 2.75) is 20.3 Å². The number of aromatic nitrogens is 1. The fraction of sp³-hybridized carbons (Fsp3) is 0.235. The number of nitrogens with one attached hydrogen (secondary N) is 2. The highest BCUT2D eigenvalue weighted by Crippen LogP contribution is 2.24. The summed E-state index contributed by atoms with van der Waals surface area (Å²) in [5.41, 5.74) is 0.773. The summed E-state index contributed by atoms with van der Waals surface area (Å²) in [4.78, 5) is 28.1. The van der Waals surface area contributed by atoms with Crippen LogP contribution in [0.4, 0.5) is 15.8 Å². The van der Waals surface area contributed by atoms with Crippen molar-refractivity contribution in [3.63, 3.8) is 0 Å². The smallest absolute Gasteiger partial charge is 0.274 e. The molecule has 0 aliphatic heterocycles. The Hall–Kier alpha value is -2.76. The van der Waals surface area contributed by atoms with Crippen molar-refractivity contribution >= 4 is 23.2 Å². The van der Waals surface area contributed by atoms with Gasteiger partial charge in [-0.05, 0) is 36.8 Å². The van der Waals surface area contributed by atoms with Gasteiger partial charge in [-0.1, -0.05) is 19.9 Å². The third kappa shape index (κ3) is 4.35. The van der Waals surface area contributed by atoms with Gasteiger partial charge in [0.2, 0.25) is 5.91 Å². The molecule has 2 aromatic rings. The Morgan fingerprint density at radius 3 is 2.61 bits per heavy atom. The van der Waals surface area contributed by atoms with Gasteiger partial charge in [0.25, 0.3) is 5.91 Å². The van der Waals surface area contributed by atoms with Gasteiger partial charge in [-0.3, -0.25) is 14.6 Å². The first-order chi connectivity index (χ1) is 11.0. The van der Waals surface area contributed by atoms with Gasteiger partial charge in [0.1, 0.15) is 11.5 Å². The SMILES string of the molecule is CCC(C)C(=O)Nc1cc(F)ccc1NC(=O)c1ccccn1. The summed E-state index contributed by atoms with van der Waals surface area (Å²) in [7, 11) is 0. The number of nitrogens with zero attached hydrogens (tertiary/aromatic N) is 1. The third-order valence-electron chi connectivity index (χ3n) is 3.45. The molecule has 0 aliphatic carbocycles. The standard InChI is InChI=1S/C17H18FN3O2/c1-3-11(2)16(22)21-15-10-12(18)7-8-13(15)20-17(23)14-6-4-5-9-19-14/h4-11H,3H2,1-2H3,(H,20,23)(H,21,22). The van der Waals surface area contributed by atoms with E-state index in [1.54, 1.807) is 25.1 Å². The van der Waals surface area contributed by atoms with Gasteiger partial charge >= 0.3 is 0 Å². The number of benzene rings is 1. The van der Waals surface area contributed by atoms with Gasteiger partial charge in [0.05, 0.1) is 11.4 Å². The number of hydrogen-bond acceptors (Lipinski definition) is 3. The van der Waals surface area contributed by atoms with E-state index in [2.05, 4.69) is 15.6 Å². The zero-order valence-corrected chi connectivity index (χ0v) is 13.0. The van der Waals surface area contributed by atoms with Gasteiger partial charge < -0.3 is 10.6 Å². The molecule has 0 aliphatic rings. The topological polar surface area (TPSA) is 71.1 Å². The van der Waals surface area contributed by atoms with Gasteiger partial charge in [-0.25, -0.2) is 4.39 Å². The molecular weight excluding hydrogens is 297 g/mol. The van der Waals surface area contributed by atoms with E-state index in [0.717, 1.165) is 0 Å². The Labute approximate surface area is 133 Å². The summed E-state index contributed by atoms with van der Waals surface area (Å²) in [5, 5.41) is 5.28. The average Bonchev–Trinajstić information content (AvgIpc) is 2.57. The van der Waals surface area contributed by atoms with Crippen LogP contribution in [0.1, 0.15) is 30.8 Å². The summed E-state index contributed by atoms with van der Waals surface area (Å²) in [5.74, 6) is -1.37. The van der Waals surface area contributed by atoms with Crippen LogP contribution in [0.3, 0.4) is 0 Å². The highest BCUT2D eigenvalue weighted by molar-refractivity contribution is 6.06. The molecule has 1 aromatic heterocycles.